The smallest absolute Gasteiger partial charge is 0.233 e. The molecule has 2 fully saturated rings. The average Bonchev–Trinajstić information content (AvgIpc) is 3.27. The molecular weight excluding hydrogens is 276 g/mol. The van der Waals surface area contributed by atoms with Gasteiger partial charge in [0.05, 0.1) is 12.5 Å². The second-order valence-corrected chi connectivity index (χ2v) is 6.73. The van der Waals surface area contributed by atoms with E-state index in [1.54, 1.807) is 7.11 Å². The molecule has 4 nitrogen and oxygen atoms in total. The molecule has 1 amide bonds. The number of carbonyl (C=O) groups excluding carboxylic acids is 1. The van der Waals surface area contributed by atoms with Gasteiger partial charge >= 0.3 is 0 Å². The van der Waals surface area contributed by atoms with Crippen molar-refractivity contribution >= 4 is 5.91 Å². The molecule has 2 aliphatic rings. The Balaban J connectivity index is 1.74. The van der Waals surface area contributed by atoms with Crippen LogP contribution in [-0.2, 0) is 10.2 Å². The lowest BCUT2D eigenvalue weighted by molar-refractivity contribution is -0.133. The molecule has 0 radical (unpaired) electrons. The second-order valence-electron chi connectivity index (χ2n) is 6.73. The first kappa shape index (κ1) is 15.3. The Morgan fingerprint density at radius 2 is 2.00 bits per heavy atom. The van der Waals surface area contributed by atoms with Gasteiger partial charge in [-0.25, -0.2) is 0 Å². The predicted molar refractivity (Wildman–Crippen MR) is 86.9 cm³/mol. The molecule has 0 spiro atoms. The second kappa shape index (κ2) is 5.92. The molecule has 1 heterocycles. The highest BCUT2D eigenvalue weighted by atomic mass is 16.5. The molecule has 0 unspecified atom stereocenters. The van der Waals surface area contributed by atoms with E-state index in [0.29, 0.717) is 12.5 Å². The summed E-state index contributed by atoms with van der Waals surface area (Å²) in [6.45, 7) is 3.71. The zero-order valence-electron chi connectivity index (χ0n) is 13.5. The van der Waals surface area contributed by atoms with Crippen molar-refractivity contribution in [1.82, 2.24) is 4.90 Å². The van der Waals surface area contributed by atoms with Crippen molar-refractivity contribution in [3.8, 4) is 5.75 Å². The summed E-state index contributed by atoms with van der Waals surface area (Å²) in [6, 6.07) is 8.08. The lowest BCUT2D eigenvalue weighted by atomic mass is 9.94. The van der Waals surface area contributed by atoms with Gasteiger partial charge in [-0.2, -0.15) is 0 Å². The summed E-state index contributed by atoms with van der Waals surface area (Å²) >= 11 is 0. The van der Waals surface area contributed by atoms with Crippen molar-refractivity contribution in [1.29, 1.82) is 0 Å². The van der Waals surface area contributed by atoms with E-state index in [1.807, 2.05) is 29.2 Å². The fourth-order valence-electron chi connectivity index (χ4n) is 3.70. The third-order valence-corrected chi connectivity index (χ3v) is 5.24. The van der Waals surface area contributed by atoms with Crippen LogP contribution in [0, 0.1) is 5.92 Å². The molecule has 22 heavy (non-hydrogen) atoms. The topological polar surface area (TPSA) is 55.6 Å². The third-order valence-electron chi connectivity index (χ3n) is 5.24. The van der Waals surface area contributed by atoms with Crippen LogP contribution >= 0.6 is 0 Å². The first-order valence-corrected chi connectivity index (χ1v) is 8.30. The van der Waals surface area contributed by atoms with Crippen LogP contribution in [-0.4, -0.2) is 37.0 Å². The van der Waals surface area contributed by atoms with Crippen molar-refractivity contribution in [3.63, 3.8) is 0 Å². The van der Waals surface area contributed by atoms with Gasteiger partial charge in [-0.1, -0.05) is 25.5 Å². The molecule has 2 atom stereocenters. The molecule has 120 valence electrons. The highest BCUT2D eigenvalue weighted by molar-refractivity contribution is 5.91. The minimum Gasteiger partial charge on any atom is -0.497 e. The number of rotatable bonds is 5. The van der Waals surface area contributed by atoms with Crippen LogP contribution in [0.4, 0.5) is 0 Å². The summed E-state index contributed by atoms with van der Waals surface area (Å²) < 4.78 is 5.21. The first-order chi connectivity index (χ1) is 10.6. The van der Waals surface area contributed by atoms with E-state index in [4.69, 9.17) is 10.5 Å². The van der Waals surface area contributed by atoms with E-state index in [-0.39, 0.29) is 17.4 Å². The van der Waals surface area contributed by atoms with E-state index in [0.717, 1.165) is 43.5 Å². The number of ether oxygens (including phenoxy) is 1. The van der Waals surface area contributed by atoms with Gasteiger partial charge < -0.3 is 15.4 Å². The number of likely N-dealkylation sites (tertiary alicyclic amines) is 1. The first-order valence-electron chi connectivity index (χ1n) is 8.30. The van der Waals surface area contributed by atoms with Gasteiger partial charge in [0.15, 0.2) is 0 Å². The summed E-state index contributed by atoms with van der Waals surface area (Å²) in [6.07, 6.45) is 4.13. The maximum absolute atomic E-state index is 13.0. The average molecular weight is 302 g/mol. The fourth-order valence-corrected chi connectivity index (χ4v) is 3.70. The minimum absolute atomic E-state index is 0.135. The molecule has 1 aliphatic carbocycles. The molecule has 2 N–H and O–H groups in total. The van der Waals surface area contributed by atoms with E-state index < -0.39 is 0 Å². The van der Waals surface area contributed by atoms with E-state index in [1.165, 1.54) is 0 Å². The Kier molecular flexibility index (Phi) is 4.13. The molecular formula is C18H26N2O2. The minimum atomic E-state index is -0.299. The normalized spacial score (nSPS) is 26.0. The van der Waals surface area contributed by atoms with Crippen molar-refractivity contribution < 1.29 is 9.53 Å². The number of hydrogen-bond acceptors (Lipinski definition) is 3. The van der Waals surface area contributed by atoms with Crippen molar-refractivity contribution in [2.75, 3.05) is 20.2 Å². The number of amides is 1. The molecule has 4 heteroatoms. The Bertz CT molecular complexity index is 537. The molecule has 1 saturated carbocycles. The molecule has 1 aromatic carbocycles. The van der Waals surface area contributed by atoms with Gasteiger partial charge in [-0.05, 0) is 42.9 Å². The van der Waals surface area contributed by atoms with Gasteiger partial charge in [0.25, 0.3) is 0 Å². The molecule has 1 saturated heterocycles. The van der Waals surface area contributed by atoms with Crippen LogP contribution in [0.5, 0.6) is 5.75 Å². The van der Waals surface area contributed by atoms with Crippen LogP contribution in [0.25, 0.3) is 0 Å². The van der Waals surface area contributed by atoms with Crippen molar-refractivity contribution in [2.45, 2.75) is 44.1 Å². The Morgan fingerprint density at radius 1 is 1.32 bits per heavy atom. The molecule has 0 aromatic heterocycles. The fraction of sp³-hybridized carbons (Fsp3) is 0.611. The Labute approximate surface area is 132 Å². The Morgan fingerprint density at radius 3 is 2.55 bits per heavy atom. The summed E-state index contributed by atoms with van der Waals surface area (Å²) in [5.41, 5.74) is 7.04. The van der Waals surface area contributed by atoms with Crippen LogP contribution in [0.2, 0.25) is 0 Å². The lowest BCUT2D eigenvalue weighted by Gasteiger charge is -2.23. The molecule has 1 aliphatic heterocycles. The van der Waals surface area contributed by atoms with Crippen LogP contribution < -0.4 is 10.5 Å². The number of benzene rings is 1. The number of nitrogens with two attached hydrogens (primary N) is 1. The number of nitrogens with zero attached hydrogens (tertiary/aromatic N) is 1. The van der Waals surface area contributed by atoms with E-state index in [2.05, 4.69) is 6.92 Å². The quantitative estimate of drug-likeness (QED) is 0.908. The summed E-state index contributed by atoms with van der Waals surface area (Å²) in [7, 11) is 1.66. The molecule has 1 aromatic rings. The van der Waals surface area contributed by atoms with Gasteiger partial charge in [-0.3, -0.25) is 4.79 Å². The number of methoxy groups -OCH3 is 1. The van der Waals surface area contributed by atoms with Gasteiger partial charge in [0.2, 0.25) is 5.91 Å². The number of carbonyl (C=O) groups is 1. The summed E-state index contributed by atoms with van der Waals surface area (Å²) in [4.78, 5) is 15.0. The van der Waals surface area contributed by atoms with E-state index >= 15 is 0 Å². The van der Waals surface area contributed by atoms with Crippen LogP contribution in [0.3, 0.4) is 0 Å². The summed E-state index contributed by atoms with van der Waals surface area (Å²) in [5.74, 6) is 1.56. The zero-order valence-corrected chi connectivity index (χ0v) is 13.5. The van der Waals surface area contributed by atoms with Crippen molar-refractivity contribution in [3.05, 3.63) is 29.8 Å². The highest BCUT2D eigenvalue weighted by Gasteiger charge is 2.54. The van der Waals surface area contributed by atoms with Crippen LogP contribution in [0.1, 0.15) is 38.2 Å². The predicted octanol–water partition coefficient (Wildman–Crippen LogP) is 2.31. The molecule has 0 bridgehead atoms. The summed E-state index contributed by atoms with van der Waals surface area (Å²) in [5, 5.41) is 0. The van der Waals surface area contributed by atoms with Crippen molar-refractivity contribution in [2.24, 2.45) is 11.7 Å². The maximum Gasteiger partial charge on any atom is 0.233 e. The SMILES string of the molecule is CCC[C@H]1CN(C(=O)C2(c3ccc(OC)cc3)CC2)C[C@@H]1N. The molecule has 3 rings (SSSR count). The standard InChI is InChI=1S/C18H26N2O2/c1-3-4-13-11-20(12-16(13)19)17(21)18(9-10-18)14-5-7-15(22-2)8-6-14/h5-8,13,16H,3-4,9-12,19H2,1-2H3/t13-,16-/m0/s1. The monoisotopic (exact) mass is 302 g/mol. The highest BCUT2D eigenvalue weighted by Crippen LogP contribution is 2.50. The maximum atomic E-state index is 13.0. The van der Waals surface area contributed by atoms with E-state index in [9.17, 15) is 4.79 Å². The zero-order chi connectivity index (χ0) is 15.7. The van der Waals surface area contributed by atoms with Gasteiger partial charge in [0, 0.05) is 19.1 Å². The van der Waals surface area contributed by atoms with Crippen LogP contribution in [0.15, 0.2) is 24.3 Å². The lowest BCUT2D eigenvalue weighted by Crippen LogP contribution is -2.39. The third kappa shape index (κ3) is 2.60. The number of hydrogen-bond donors (Lipinski definition) is 1. The van der Waals surface area contributed by atoms with Gasteiger partial charge in [0.1, 0.15) is 5.75 Å². The van der Waals surface area contributed by atoms with Gasteiger partial charge in [-0.15, -0.1) is 0 Å². The largest absolute Gasteiger partial charge is 0.497 e. The Hall–Kier alpha value is -1.55.